The summed E-state index contributed by atoms with van der Waals surface area (Å²) in [5.74, 6) is -3.73. The van der Waals surface area contributed by atoms with Crippen molar-refractivity contribution < 1.29 is 64.5 Å². The molecule has 0 aliphatic carbocycles. The van der Waals surface area contributed by atoms with Crippen LogP contribution in [-0.2, 0) is 47.9 Å². The van der Waals surface area contributed by atoms with Crippen molar-refractivity contribution in [3.8, 4) is 11.5 Å². The van der Waals surface area contributed by atoms with Crippen LogP contribution in [-0.4, -0.2) is 114 Å². The van der Waals surface area contributed by atoms with E-state index in [0.717, 1.165) is 0 Å². The Morgan fingerprint density at radius 1 is 0.827 bits per heavy atom. The molecular weight excluding hydrogens is 987 g/mol. The third kappa shape index (κ3) is 14.8. The summed E-state index contributed by atoms with van der Waals surface area (Å²) in [5, 5.41) is 3.09. The Kier molecular flexibility index (Phi) is 19.4. The lowest BCUT2D eigenvalue weighted by Gasteiger charge is -2.38. The van der Waals surface area contributed by atoms with E-state index < -0.39 is 95.1 Å². The van der Waals surface area contributed by atoms with E-state index in [0.29, 0.717) is 49.7 Å². The molecule has 8 atom stereocenters. The van der Waals surface area contributed by atoms with Gasteiger partial charge in [0.05, 0.1) is 48.6 Å². The summed E-state index contributed by atoms with van der Waals surface area (Å²) in [7, 11) is 1.56. The van der Waals surface area contributed by atoms with E-state index >= 15 is 0 Å². The fourth-order valence-electron chi connectivity index (χ4n) is 10.6. The molecule has 2 aromatic carbocycles. The molecule has 8 unspecified atom stereocenters. The van der Waals surface area contributed by atoms with Gasteiger partial charge in [0, 0.05) is 49.1 Å². The van der Waals surface area contributed by atoms with Gasteiger partial charge < -0.3 is 39.8 Å². The van der Waals surface area contributed by atoms with E-state index in [1.54, 1.807) is 61.6 Å². The maximum absolute atomic E-state index is 15.0. The maximum Gasteiger partial charge on any atom is 0.573 e. The Bertz CT molecular complexity index is 2450. The average molecular weight is 1070 g/mol. The van der Waals surface area contributed by atoms with Crippen LogP contribution in [0.25, 0.3) is 0 Å². The zero-order valence-electron chi connectivity index (χ0n) is 45.9. The summed E-state index contributed by atoms with van der Waals surface area (Å²) in [4.78, 5) is 68.9. The lowest BCUT2D eigenvalue weighted by molar-refractivity contribution is -0.275. The minimum absolute atomic E-state index is 0.0691. The molecule has 2 saturated heterocycles. The quantitative estimate of drug-likeness (QED) is 0.0831. The summed E-state index contributed by atoms with van der Waals surface area (Å²) in [6.45, 7) is 23.1. The van der Waals surface area contributed by atoms with Crippen molar-refractivity contribution in [2.24, 2.45) is 50.2 Å². The fourth-order valence-corrected chi connectivity index (χ4v) is 10.6. The van der Waals surface area contributed by atoms with Crippen molar-refractivity contribution in [1.29, 1.82) is 0 Å². The highest BCUT2D eigenvalue weighted by atomic mass is 19.4. The number of likely N-dealkylation sites (N-methyl/N-ethyl adjacent to an activating group) is 1. The monoisotopic (exact) mass is 1060 g/mol. The first-order chi connectivity index (χ1) is 34.7. The van der Waals surface area contributed by atoms with Crippen LogP contribution in [0.5, 0.6) is 11.5 Å². The first-order valence-electron chi connectivity index (χ1n) is 26.1. The van der Waals surface area contributed by atoms with Gasteiger partial charge in [-0.2, -0.15) is 0 Å². The zero-order valence-corrected chi connectivity index (χ0v) is 45.9. The van der Waals surface area contributed by atoms with Crippen molar-refractivity contribution in [3.63, 3.8) is 0 Å². The number of hydrogen-bond donors (Lipinski definition) is 2. The lowest BCUT2D eigenvalue weighted by atomic mass is 9.77. The molecule has 2 fully saturated rings. The van der Waals surface area contributed by atoms with Crippen LogP contribution in [0.15, 0.2) is 40.3 Å². The number of Topliss-reactive ketones (excluding diaryl/α,β-unsaturated/α-hetero) is 2. The van der Waals surface area contributed by atoms with Crippen LogP contribution in [0, 0.1) is 34.5 Å². The van der Waals surface area contributed by atoms with E-state index in [1.165, 1.54) is 41.0 Å². The van der Waals surface area contributed by atoms with E-state index in [2.05, 4.69) is 15.0 Å². The fraction of sp³-hybridized carbons (Fsp3) is 0.673. The number of likely N-dealkylation sites (tertiary alicyclic amines) is 2. The lowest BCUT2D eigenvalue weighted by Crippen LogP contribution is -2.56. The van der Waals surface area contributed by atoms with E-state index in [4.69, 9.17) is 24.9 Å². The second-order valence-corrected chi connectivity index (χ2v) is 22.7. The molecule has 418 valence electrons. The molecule has 14 nitrogen and oxygen atoms in total. The molecule has 0 spiro atoms. The second kappa shape index (κ2) is 24.0. The third-order valence-electron chi connectivity index (χ3n) is 14.6. The van der Waals surface area contributed by atoms with Gasteiger partial charge in [0.15, 0.2) is 23.4 Å². The number of benzene rings is 2. The Morgan fingerprint density at radius 3 is 1.99 bits per heavy atom. The molecule has 0 aromatic heterocycles. The molecule has 2 amide bonds. The minimum Gasteiger partial charge on any atom is -0.475 e. The molecular formula is C55H78F6N6O8. The predicted octanol–water partition coefficient (Wildman–Crippen LogP) is 10.4. The molecule has 0 radical (unpaired) electrons. The average Bonchev–Trinajstić information content (AvgIpc) is 3.74. The summed E-state index contributed by atoms with van der Waals surface area (Å²) >= 11 is 0. The SMILES string of the molecule is CCCc1ccc(OC(F)(F)F)cc1N=C(C)OC1CN(C(=O)C(NC)C(C)(C)Cc2cc3c(cc2OC(F)(F)F)N=C(OC2CN(C(=O)C(N)C(C)(C)C)C(C(=O)C(C)C)C2CC)CCC3)C(C(=O)C(C)C)C1C. The summed E-state index contributed by atoms with van der Waals surface area (Å²) in [5.41, 5.74) is 6.58. The molecule has 3 aliphatic rings. The molecule has 2 aromatic rings. The normalized spacial score (nSPS) is 22.7. The van der Waals surface area contributed by atoms with Gasteiger partial charge in [0.2, 0.25) is 11.8 Å². The number of hydrogen-bond acceptors (Lipinski definition) is 12. The highest BCUT2D eigenvalue weighted by Gasteiger charge is 2.52. The van der Waals surface area contributed by atoms with Crippen LogP contribution in [0.2, 0.25) is 0 Å². The van der Waals surface area contributed by atoms with Gasteiger partial charge in [0.25, 0.3) is 0 Å². The van der Waals surface area contributed by atoms with E-state index in [-0.39, 0.29) is 71.6 Å². The topological polar surface area (TPSA) is 174 Å². The molecule has 3 aliphatic heterocycles. The number of carbonyl (C=O) groups excluding carboxylic acids is 4. The number of aryl methyl sites for hydroxylation is 2. The van der Waals surface area contributed by atoms with Crippen LogP contribution >= 0.6 is 0 Å². The second-order valence-electron chi connectivity index (χ2n) is 22.7. The van der Waals surface area contributed by atoms with Gasteiger partial charge in [-0.3, -0.25) is 19.2 Å². The highest BCUT2D eigenvalue weighted by molar-refractivity contribution is 5.94. The number of ketones is 2. The number of amides is 2. The third-order valence-corrected chi connectivity index (χ3v) is 14.6. The van der Waals surface area contributed by atoms with Crippen LogP contribution < -0.4 is 20.5 Å². The number of halogens is 6. The van der Waals surface area contributed by atoms with Gasteiger partial charge in [0.1, 0.15) is 23.7 Å². The van der Waals surface area contributed by atoms with E-state index in [9.17, 15) is 45.5 Å². The van der Waals surface area contributed by atoms with Gasteiger partial charge in [-0.1, -0.05) is 95.6 Å². The van der Waals surface area contributed by atoms with Crippen molar-refractivity contribution in [3.05, 3.63) is 47.0 Å². The van der Waals surface area contributed by atoms with Crippen molar-refractivity contribution >= 4 is 46.6 Å². The van der Waals surface area contributed by atoms with Crippen molar-refractivity contribution in [1.82, 2.24) is 15.1 Å². The smallest absolute Gasteiger partial charge is 0.475 e. The number of aliphatic imine (C=N–C) groups is 2. The number of nitrogens with one attached hydrogen (secondary N) is 1. The van der Waals surface area contributed by atoms with Gasteiger partial charge in [-0.15, -0.1) is 26.3 Å². The molecule has 75 heavy (non-hydrogen) atoms. The van der Waals surface area contributed by atoms with Crippen LogP contribution in [0.3, 0.4) is 0 Å². The molecule has 3 N–H and O–H groups in total. The first-order valence-corrected chi connectivity index (χ1v) is 26.1. The number of carbonyl (C=O) groups is 4. The minimum atomic E-state index is -5.11. The number of nitrogens with zero attached hydrogens (tertiary/aromatic N) is 4. The summed E-state index contributed by atoms with van der Waals surface area (Å²) < 4.78 is 104. The molecule has 20 heteroatoms. The predicted molar refractivity (Wildman–Crippen MR) is 274 cm³/mol. The van der Waals surface area contributed by atoms with E-state index in [1.807, 2.05) is 34.6 Å². The Balaban J connectivity index is 1.45. The number of rotatable bonds is 18. The summed E-state index contributed by atoms with van der Waals surface area (Å²) in [6, 6.07) is 3.04. The molecule has 3 heterocycles. The zero-order chi connectivity index (χ0) is 56.3. The Hall–Kier alpha value is -5.24. The van der Waals surface area contributed by atoms with Gasteiger partial charge >= 0.3 is 12.7 Å². The maximum atomic E-state index is 15.0. The van der Waals surface area contributed by atoms with Gasteiger partial charge in [-0.25, -0.2) is 9.98 Å². The van der Waals surface area contributed by atoms with Crippen molar-refractivity contribution in [2.75, 3.05) is 20.1 Å². The Morgan fingerprint density at radius 2 is 1.43 bits per heavy atom. The number of nitrogens with two attached hydrogens (primary N) is 1. The highest BCUT2D eigenvalue weighted by Crippen LogP contribution is 2.42. The van der Waals surface area contributed by atoms with Crippen LogP contribution in [0.1, 0.15) is 132 Å². The number of fused-ring (bicyclic) bond motifs is 1. The number of alkyl halides is 6. The molecule has 5 rings (SSSR count). The van der Waals surface area contributed by atoms with Crippen molar-refractivity contribution in [2.45, 2.75) is 184 Å². The molecule has 0 bridgehead atoms. The largest absolute Gasteiger partial charge is 0.573 e. The first kappa shape index (κ1) is 60.6. The number of ether oxygens (including phenoxy) is 4. The molecule has 0 saturated carbocycles. The van der Waals surface area contributed by atoms with Crippen LogP contribution in [0.4, 0.5) is 37.7 Å². The standard InChI is InChI=1S/C55H78F6N6O8/c1-15-18-33-21-22-36(74-54(56,57)58)24-38(33)64-32(8)72-41-27-66(44(31(41)7)46(68)29(3)4)51(71)49(63-14)53(12,13)26-35-23-34-19-17-20-43(65-39(34)25-40(35)75-55(59,60)61)73-42-28-67(50(70)48(62)52(9,10)11)45(37(42)16-2)47(69)30(5)6/h21-25,29-31,37,41-42,44-45,48-49,63H,15-20,26-28,62H2,1-14H3. The summed E-state index contributed by atoms with van der Waals surface area (Å²) in [6.07, 6.45) is -8.65. The Labute approximate surface area is 437 Å². The van der Waals surface area contributed by atoms with Gasteiger partial charge in [-0.05, 0) is 78.8 Å².